The molecule has 0 heterocycles. The molecule has 0 aromatic heterocycles. The van der Waals surface area contributed by atoms with Gasteiger partial charge in [0.05, 0.1) is 32.2 Å². The summed E-state index contributed by atoms with van der Waals surface area (Å²) in [6, 6.07) is 8.85. The van der Waals surface area contributed by atoms with Crippen LogP contribution in [0.25, 0.3) is 0 Å². The van der Waals surface area contributed by atoms with Gasteiger partial charge in [0.2, 0.25) is 15.9 Å². The number of ether oxygens (including phenoxy) is 2. The molecule has 1 N–H and O–H groups in total. The van der Waals surface area contributed by atoms with Crippen molar-refractivity contribution in [3.05, 3.63) is 53.8 Å². The quantitative estimate of drug-likeness (QED) is 0.650. The SMILES string of the molecule is CC[C@@H](C(=O)N[C@H](C)c1ccc(OC)c(OC)c1)N(c1ccc(F)cc1)S(C)(=O)=O. The number of nitrogens with zero attached hydrogens (tertiary/aromatic N) is 1. The van der Waals surface area contributed by atoms with Crippen molar-refractivity contribution in [3.8, 4) is 11.5 Å². The molecule has 30 heavy (non-hydrogen) atoms. The summed E-state index contributed by atoms with van der Waals surface area (Å²) in [4.78, 5) is 13.0. The maximum absolute atomic E-state index is 13.3. The standard InChI is InChI=1S/C21H27FN2O5S/c1-6-18(24(30(5,26)27)17-10-8-16(22)9-11-17)21(25)23-14(2)15-7-12-19(28-3)20(13-15)29-4/h7-14,18H,6H2,1-5H3,(H,23,25)/t14-,18+/m1/s1. The van der Waals surface area contributed by atoms with Crippen molar-refractivity contribution in [1.82, 2.24) is 5.32 Å². The second-order valence-corrected chi connectivity index (χ2v) is 8.66. The number of nitrogens with one attached hydrogen (secondary N) is 1. The third kappa shape index (κ3) is 5.41. The summed E-state index contributed by atoms with van der Waals surface area (Å²) in [6.07, 6.45) is 1.25. The van der Waals surface area contributed by atoms with E-state index in [9.17, 15) is 17.6 Å². The molecule has 9 heteroatoms. The molecule has 2 rings (SSSR count). The van der Waals surface area contributed by atoms with E-state index in [0.29, 0.717) is 11.5 Å². The molecule has 0 radical (unpaired) electrons. The van der Waals surface area contributed by atoms with Crippen LogP contribution in [0.3, 0.4) is 0 Å². The number of amides is 1. The number of halogens is 1. The van der Waals surface area contributed by atoms with E-state index in [0.717, 1.165) is 28.3 Å². The fourth-order valence-corrected chi connectivity index (χ4v) is 4.38. The van der Waals surface area contributed by atoms with Gasteiger partial charge in [-0.3, -0.25) is 9.10 Å². The number of hydrogen-bond donors (Lipinski definition) is 1. The molecule has 0 spiro atoms. The molecular weight excluding hydrogens is 411 g/mol. The summed E-state index contributed by atoms with van der Waals surface area (Å²) in [6.45, 7) is 3.50. The third-order valence-corrected chi connectivity index (χ3v) is 5.86. The summed E-state index contributed by atoms with van der Waals surface area (Å²) >= 11 is 0. The molecular formula is C21H27FN2O5S. The van der Waals surface area contributed by atoms with E-state index >= 15 is 0 Å². The molecule has 164 valence electrons. The lowest BCUT2D eigenvalue weighted by atomic mass is 10.1. The molecule has 2 atom stereocenters. The summed E-state index contributed by atoms with van der Waals surface area (Å²) in [5, 5.41) is 2.85. The minimum absolute atomic E-state index is 0.222. The first-order valence-corrected chi connectivity index (χ1v) is 11.2. The van der Waals surface area contributed by atoms with Gasteiger partial charge in [-0.15, -0.1) is 0 Å². The number of hydrogen-bond acceptors (Lipinski definition) is 5. The first-order chi connectivity index (χ1) is 14.1. The van der Waals surface area contributed by atoms with Crippen LogP contribution in [0.2, 0.25) is 0 Å². The Morgan fingerprint density at radius 1 is 1.10 bits per heavy atom. The van der Waals surface area contributed by atoms with Crippen LogP contribution in [0.5, 0.6) is 11.5 Å². The van der Waals surface area contributed by atoms with E-state index in [4.69, 9.17) is 9.47 Å². The zero-order chi connectivity index (χ0) is 22.5. The van der Waals surface area contributed by atoms with Crippen LogP contribution in [-0.2, 0) is 14.8 Å². The lowest BCUT2D eigenvalue weighted by molar-refractivity contribution is -0.122. The molecule has 2 aromatic carbocycles. The van der Waals surface area contributed by atoms with Gasteiger partial charge in [0.15, 0.2) is 11.5 Å². The minimum atomic E-state index is -3.79. The van der Waals surface area contributed by atoms with Gasteiger partial charge in [0.1, 0.15) is 11.9 Å². The molecule has 0 aliphatic heterocycles. The van der Waals surface area contributed by atoms with Crippen molar-refractivity contribution in [2.75, 3.05) is 24.8 Å². The number of carbonyl (C=O) groups is 1. The highest BCUT2D eigenvalue weighted by Crippen LogP contribution is 2.30. The minimum Gasteiger partial charge on any atom is -0.493 e. The molecule has 0 saturated carbocycles. The van der Waals surface area contributed by atoms with Crippen molar-refractivity contribution < 1.29 is 27.1 Å². The Kier molecular flexibility index (Phi) is 7.66. The average molecular weight is 439 g/mol. The molecule has 0 bridgehead atoms. The maximum atomic E-state index is 13.3. The second-order valence-electron chi connectivity index (χ2n) is 6.80. The van der Waals surface area contributed by atoms with Gasteiger partial charge in [0, 0.05) is 0 Å². The fourth-order valence-electron chi connectivity index (χ4n) is 3.16. The van der Waals surface area contributed by atoms with Crippen LogP contribution in [0.4, 0.5) is 10.1 Å². The largest absolute Gasteiger partial charge is 0.493 e. The van der Waals surface area contributed by atoms with E-state index in [1.54, 1.807) is 32.0 Å². The zero-order valence-electron chi connectivity index (χ0n) is 17.7. The number of methoxy groups -OCH3 is 2. The lowest BCUT2D eigenvalue weighted by Gasteiger charge is -2.31. The van der Waals surface area contributed by atoms with Crippen LogP contribution in [0.15, 0.2) is 42.5 Å². The zero-order valence-corrected chi connectivity index (χ0v) is 18.5. The van der Waals surface area contributed by atoms with E-state index in [1.807, 2.05) is 0 Å². The first kappa shape index (κ1) is 23.5. The van der Waals surface area contributed by atoms with E-state index < -0.39 is 33.8 Å². The molecule has 1 amide bonds. The Hall–Kier alpha value is -2.81. The fraction of sp³-hybridized carbons (Fsp3) is 0.381. The molecule has 0 saturated heterocycles. The van der Waals surface area contributed by atoms with Gasteiger partial charge in [-0.1, -0.05) is 13.0 Å². The van der Waals surface area contributed by atoms with Crippen molar-refractivity contribution >= 4 is 21.6 Å². The van der Waals surface area contributed by atoms with Crippen molar-refractivity contribution in [2.45, 2.75) is 32.4 Å². The predicted molar refractivity (Wildman–Crippen MR) is 114 cm³/mol. The lowest BCUT2D eigenvalue weighted by Crippen LogP contribution is -2.49. The third-order valence-electron chi connectivity index (χ3n) is 4.68. The number of anilines is 1. The summed E-state index contributed by atoms with van der Waals surface area (Å²) in [7, 11) is -0.744. The van der Waals surface area contributed by atoms with Crippen LogP contribution in [0, 0.1) is 5.82 Å². The van der Waals surface area contributed by atoms with Crippen LogP contribution in [-0.4, -0.2) is 40.8 Å². The van der Waals surface area contributed by atoms with Crippen LogP contribution >= 0.6 is 0 Å². The van der Waals surface area contributed by atoms with Crippen LogP contribution in [0.1, 0.15) is 31.9 Å². The average Bonchev–Trinajstić information content (AvgIpc) is 2.71. The Bertz CT molecular complexity index is 979. The van der Waals surface area contributed by atoms with Gasteiger partial charge < -0.3 is 14.8 Å². The number of sulfonamides is 1. The molecule has 0 fully saturated rings. The smallest absolute Gasteiger partial charge is 0.244 e. The molecule has 0 unspecified atom stereocenters. The van der Waals surface area contributed by atoms with Crippen LogP contribution < -0.4 is 19.1 Å². The Balaban J connectivity index is 2.30. The summed E-state index contributed by atoms with van der Waals surface area (Å²) in [5.41, 5.74) is 0.989. The number of rotatable bonds is 9. The predicted octanol–water partition coefficient (Wildman–Crippen LogP) is 3.26. The Morgan fingerprint density at radius 2 is 1.70 bits per heavy atom. The van der Waals surface area contributed by atoms with Gasteiger partial charge in [-0.25, -0.2) is 12.8 Å². The maximum Gasteiger partial charge on any atom is 0.244 e. The highest BCUT2D eigenvalue weighted by Gasteiger charge is 2.32. The highest BCUT2D eigenvalue weighted by molar-refractivity contribution is 7.92. The topological polar surface area (TPSA) is 84.9 Å². The number of benzene rings is 2. The van der Waals surface area contributed by atoms with Gasteiger partial charge in [-0.2, -0.15) is 0 Å². The molecule has 0 aliphatic carbocycles. The van der Waals surface area contributed by atoms with E-state index in [1.165, 1.54) is 26.4 Å². The molecule has 2 aromatic rings. The normalized spacial score (nSPS) is 13.3. The number of carbonyl (C=O) groups excluding carboxylic acids is 1. The second kappa shape index (κ2) is 9.80. The van der Waals surface area contributed by atoms with E-state index in [-0.39, 0.29) is 12.1 Å². The monoisotopic (exact) mass is 438 g/mol. The van der Waals surface area contributed by atoms with Crippen molar-refractivity contribution in [3.63, 3.8) is 0 Å². The Morgan fingerprint density at radius 3 is 2.20 bits per heavy atom. The highest BCUT2D eigenvalue weighted by atomic mass is 32.2. The summed E-state index contributed by atoms with van der Waals surface area (Å²) < 4.78 is 49.7. The molecule has 0 aliphatic rings. The van der Waals surface area contributed by atoms with Gasteiger partial charge in [0.25, 0.3) is 0 Å². The summed E-state index contributed by atoms with van der Waals surface area (Å²) in [5.74, 6) is 0.124. The van der Waals surface area contributed by atoms with Gasteiger partial charge >= 0.3 is 0 Å². The van der Waals surface area contributed by atoms with Gasteiger partial charge in [-0.05, 0) is 55.3 Å². The van der Waals surface area contributed by atoms with E-state index in [2.05, 4.69) is 5.32 Å². The van der Waals surface area contributed by atoms with Crippen molar-refractivity contribution in [2.24, 2.45) is 0 Å². The first-order valence-electron chi connectivity index (χ1n) is 9.39. The Labute approximate surface area is 176 Å². The molecule has 7 nitrogen and oxygen atoms in total. The van der Waals surface area contributed by atoms with Crippen molar-refractivity contribution in [1.29, 1.82) is 0 Å².